The lowest BCUT2D eigenvalue weighted by molar-refractivity contribution is -0.152. The fourth-order valence-electron chi connectivity index (χ4n) is 6.49. The second-order valence-electron chi connectivity index (χ2n) is 12.7. The van der Waals surface area contributed by atoms with Gasteiger partial charge in [-0.1, -0.05) is 38.5 Å². The molecule has 3 heterocycles. The molecule has 2 N–H and O–H groups in total. The Bertz CT molecular complexity index is 1700. The Kier molecular flexibility index (Phi) is 11.5. The molecule has 0 bridgehead atoms. The van der Waals surface area contributed by atoms with Crippen molar-refractivity contribution in [3.63, 3.8) is 0 Å². The van der Waals surface area contributed by atoms with E-state index >= 15 is 0 Å². The first-order valence-electron chi connectivity index (χ1n) is 16.8. The molecule has 1 saturated carbocycles. The normalized spacial score (nSPS) is 18.9. The van der Waals surface area contributed by atoms with Crippen molar-refractivity contribution >= 4 is 41.3 Å². The number of carbonyl (C=O) groups excluding carboxylic acids is 1. The molecule has 3 unspecified atom stereocenters. The third-order valence-electron chi connectivity index (χ3n) is 8.83. The van der Waals surface area contributed by atoms with Crippen LogP contribution in [0, 0.1) is 11.8 Å². The summed E-state index contributed by atoms with van der Waals surface area (Å²) in [5, 5.41) is 0.960. The van der Waals surface area contributed by atoms with Gasteiger partial charge in [-0.3, -0.25) is 14.3 Å². The molecule has 0 saturated heterocycles. The highest BCUT2D eigenvalue weighted by Crippen LogP contribution is 2.62. The third kappa shape index (κ3) is 7.96. The Labute approximate surface area is 277 Å². The number of fused-ring (bicyclic) bond motifs is 3. The topological polar surface area (TPSA) is 141 Å². The van der Waals surface area contributed by atoms with Crippen LogP contribution in [-0.4, -0.2) is 50.5 Å². The van der Waals surface area contributed by atoms with Gasteiger partial charge >= 0.3 is 13.6 Å². The Hall–Kier alpha value is -3.53. The van der Waals surface area contributed by atoms with Crippen molar-refractivity contribution in [3.8, 4) is 5.75 Å². The molecular formula is C35H48N5O6P. The molecule has 1 fully saturated rings. The van der Waals surface area contributed by atoms with Crippen LogP contribution in [0.5, 0.6) is 5.75 Å². The zero-order valence-electron chi connectivity index (χ0n) is 28.1. The second-order valence-corrected chi connectivity index (χ2v) is 14.8. The van der Waals surface area contributed by atoms with E-state index in [4.69, 9.17) is 29.2 Å². The molecule has 11 nitrogen and oxygen atoms in total. The number of carbonyl (C=O) groups is 1. The van der Waals surface area contributed by atoms with E-state index < -0.39 is 7.60 Å². The van der Waals surface area contributed by atoms with Gasteiger partial charge in [-0.15, -0.1) is 0 Å². The second kappa shape index (κ2) is 15.6. The molecule has 1 aliphatic carbocycles. The van der Waals surface area contributed by atoms with Crippen LogP contribution in [0.25, 0.3) is 21.9 Å². The minimum Gasteiger partial charge on any atom is -0.463 e. The molecule has 3 aromatic heterocycles. The van der Waals surface area contributed by atoms with Gasteiger partial charge in [-0.2, -0.15) is 0 Å². The number of anilines is 1. The van der Waals surface area contributed by atoms with E-state index in [2.05, 4.69) is 21.5 Å². The smallest absolute Gasteiger partial charge is 0.382 e. The molecule has 0 spiro atoms. The Balaban J connectivity index is 1.42. The molecular weight excluding hydrogens is 617 g/mol. The molecule has 5 atom stereocenters. The van der Waals surface area contributed by atoms with Gasteiger partial charge in [0.1, 0.15) is 23.7 Å². The maximum Gasteiger partial charge on any atom is 0.382 e. The number of hydrogen-bond donors (Lipinski definition) is 1. The summed E-state index contributed by atoms with van der Waals surface area (Å²) in [7, 11) is -3.66. The largest absolute Gasteiger partial charge is 0.463 e. The number of nitrogens with two attached hydrogens (primary N) is 1. The lowest BCUT2D eigenvalue weighted by Crippen LogP contribution is -2.36. The molecule has 0 amide bonds. The highest BCUT2D eigenvalue weighted by Gasteiger charge is 2.49. The zero-order chi connectivity index (χ0) is 33.6. The summed E-state index contributed by atoms with van der Waals surface area (Å²) in [6.07, 6.45) is 7.40. The minimum atomic E-state index is -3.66. The van der Waals surface area contributed by atoms with Crippen LogP contribution in [0.3, 0.4) is 0 Å². The van der Waals surface area contributed by atoms with E-state index in [1.165, 1.54) is 0 Å². The summed E-state index contributed by atoms with van der Waals surface area (Å²) in [6, 6.07) is 11.4. The number of imidazole rings is 1. The van der Waals surface area contributed by atoms with E-state index in [1.807, 2.05) is 52.0 Å². The fourth-order valence-corrected chi connectivity index (χ4v) is 8.88. The Morgan fingerprint density at radius 2 is 1.89 bits per heavy atom. The average Bonchev–Trinajstić information content (AvgIpc) is 3.42. The molecule has 0 aliphatic heterocycles. The molecule has 1 aromatic carbocycles. The summed E-state index contributed by atoms with van der Waals surface area (Å²) in [6.45, 7) is 10.7. The van der Waals surface area contributed by atoms with E-state index in [1.54, 1.807) is 24.5 Å². The summed E-state index contributed by atoms with van der Waals surface area (Å²) >= 11 is 0. The minimum absolute atomic E-state index is 0.0101. The Morgan fingerprint density at radius 1 is 1.09 bits per heavy atom. The summed E-state index contributed by atoms with van der Waals surface area (Å²) in [5.74, 6) is 0.987. The number of nitrogen functional groups attached to an aromatic ring is 1. The van der Waals surface area contributed by atoms with Gasteiger partial charge < -0.3 is 24.3 Å². The molecule has 1 aliphatic rings. The van der Waals surface area contributed by atoms with Crippen molar-refractivity contribution < 1.29 is 27.9 Å². The van der Waals surface area contributed by atoms with E-state index in [9.17, 15) is 9.36 Å². The summed E-state index contributed by atoms with van der Waals surface area (Å²) < 4.78 is 40.8. The quantitative estimate of drug-likeness (QED) is 0.0875. The number of pyridine rings is 2. The lowest BCUT2D eigenvalue weighted by Gasteiger charge is -2.41. The van der Waals surface area contributed by atoms with Gasteiger partial charge in [0.05, 0.1) is 41.5 Å². The standard InChI is InChI=1S/C35H48N5O6P/c1-6-11-26(40-31(22-43-7-2)39-32-33(40)28-13-8-9-14-29(28)38-34(32)36)17-19-44-47(42,46-27-12-10-18-37-21-27)30-16-15-25(30)20-24(5)35(41)45-23(3)4/h8-10,12-14,18,21,23-26,30H,6-7,11,15-17,19-20,22H2,1-5H3,(H2,36,38)/t24-,25?,26+,30?,47?/m1/s1. The molecule has 47 heavy (non-hydrogen) atoms. The number of ether oxygens (including phenoxy) is 2. The predicted molar refractivity (Wildman–Crippen MR) is 183 cm³/mol. The SMILES string of the molecule is CCC[C@@H](CCOP(=O)(Oc1cccnc1)C1CCC1C[C@@H](C)C(=O)OC(C)C)n1c(COCC)nc2c(N)nc3ccccc3c21. The third-order valence-corrected chi connectivity index (χ3v) is 11.3. The average molecular weight is 666 g/mol. The van der Waals surface area contributed by atoms with Crippen molar-refractivity contribution in [2.45, 2.75) is 97.6 Å². The zero-order valence-corrected chi connectivity index (χ0v) is 29.0. The Morgan fingerprint density at radius 3 is 2.57 bits per heavy atom. The van der Waals surface area contributed by atoms with Crippen LogP contribution in [0.2, 0.25) is 0 Å². The van der Waals surface area contributed by atoms with Crippen LogP contribution < -0.4 is 10.3 Å². The van der Waals surface area contributed by atoms with Crippen LogP contribution in [-0.2, 0) is 30.0 Å². The van der Waals surface area contributed by atoms with Crippen molar-refractivity contribution in [1.82, 2.24) is 19.5 Å². The molecule has 254 valence electrons. The summed E-state index contributed by atoms with van der Waals surface area (Å²) in [5.41, 5.74) is 8.47. The highest BCUT2D eigenvalue weighted by molar-refractivity contribution is 7.55. The number of benzene rings is 1. The van der Waals surface area contributed by atoms with Gasteiger partial charge in [0, 0.05) is 24.2 Å². The maximum absolute atomic E-state index is 14.7. The van der Waals surface area contributed by atoms with E-state index in [-0.39, 0.29) is 42.2 Å². The maximum atomic E-state index is 14.7. The number of esters is 1. The van der Waals surface area contributed by atoms with E-state index in [0.29, 0.717) is 49.6 Å². The number of hydrogen-bond acceptors (Lipinski definition) is 10. The van der Waals surface area contributed by atoms with Gasteiger partial charge in [-0.25, -0.2) is 14.5 Å². The van der Waals surface area contributed by atoms with Gasteiger partial charge in [0.15, 0.2) is 5.82 Å². The van der Waals surface area contributed by atoms with Crippen LogP contribution in [0.1, 0.15) is 85.0 Å². The molecule has 0 radical (unpaired) electrons. The first-order chi connectivity index (χ1) is 22.6. The number of para-hydroxylation sites is 1. The predicted octanol–water partition coefficient (Wildman–Crippen LogP) is 7.87. The summed E-state index contributed by atoms with van der Waals surface area (Å²) in [4.78, 5) is 26.3. The fraction of sp³-hybridized carbons (Fsp3) is 0.543. The highest BCUT2D eigenvalue weighted by atomic mass is 31.2. The van der Waals surface area contributed by atoms with Crippen LogP contribution >= 0.6 is 7.60 Å². The van der Waals surface area contributed by atoms with E-state index in [0.717, 1.165) is 41.5 Å². The first kappa shape index (κ1) is 34.8. The first-order valence-corrected chi connectivity index (χ1v) is 18.4. The van der Waals surface area contributed by atoms with Crippen molar-refractivity contribution in [2.24, 2.45) is 11.8 Å². The van der Waals surface area contributed by atoms with Crippen molar-refractivity contribution in [3.05, 3.63) is 54.6 Å². The lowest BCUT2D eigenvalue weighted by atomic mass is 9.78. The van der Waals surface area contributed by atoms with Crippen molar-refractivity contribution in [2.75, 3.05) is 18.9 Å². The molecule has 12 heteroatoms. The van der Waals surface area contributed by atoms with Gasteiger partial charge in [0.2, 0.25) is 0 Å². The number of aromatic nitrogens is 4. The van der Waals surface area contributed by atoms with Gasteiger partial charge in [-0.05, 0) is 77.0 Å². The van der Waals surface area contributed by atoms with Gasteiger partial charge in [0.25, 0.3) is 0 Å². The van der Waals surface area contributed by atoms with Crippen LogP contribution in [0.4, 0.5) is 5.82 Å². The molecule has 5 rings (SSSR count). The van der Waals surface area contributed by atoms with Crippen LogP contribution in [0.15, 0.2) is 48.8 Å². The number of rotatable bonds is 17. The molecule has 4 aromatic rings. The number of nitrogens with zero attached hydrogens (tertiary/aromatic N) is 4. The van der Waals surface area contributed by atoms with Crippen molar-refractivity contribution in [1.29, 1.82) is 0 Å². The monoisotopic (exact) mass is 665 g/mol.